The van der Waals surface area contributed by atoms with Crippen LogP contribution in [0.15, 0.2) is 147 Å². The second kappa shape index (κ2) is 9.01. The summed E-state index contributed by atoms with van der Waals surface area (Å²) < 4.78 is 14.2. The summed E-state index contributed by atoms with van der Waals surface area (Å²) in [5.74, 6) is -0.206. The quantitative estimate of drug-likeness (QED) is 0.202. The van der Waals surface area contributed by atoms with Crippen LogP contribution in [0.3, 0.4) is 0 Å². The van der Waals surface area contributed by atoms with Crippen LogP contribution in [0.5, 0.6) is 0 Å². The maximum Gasteiger partial charge on any atom is 0.123 e. The molecule has 7 aromatic carbocycles. The van der Waals surface area contributed by atoms with Gasteiger partial charge in [0.15, 0.2) is 0 Å². The minimum Gasteiger partial charge on any atom is -0.207 e. The van der Waals surface area contributed by atoms with Crippen molar-refractivity contribution >= 4 is 55.8 Å². The lowest BCUT2D eigenvalue weighted by Gasteiger charge is -2.19. The molecule has 0 unspecified atom stereocenters. The zero-order valence-corrected chi connectivity index (χ0v) is 22.5. The van der Waals surface area contributed by atoms with Gasteiger partial charge in [-0.1, -0.05) is 108 Å². The van der Waals surface area contributed by atoms with Gasteiger partial charge in [0.2, 0.25) is 0 Å². The SMILES string of the molecule is Fc1ccc2c3ccccc3c3cc(-c4ccc(-c5ccc6c(c5)Sc5ccccc5S6)cc4)ccc3c2c1. The molecule has 0 saturated heterocycles. The molecule has 3 heteroatoms. The fraction of sp³-hybridized carbons (Fsp3) is 0. The highest BCUT2D eigenvalue weighted by Gasteiger charge is 2.17. The molecule has 0 nitrogen and oxygen atoms in total. The third kappa shape index (κ3) is 3.84. The highest BCUT2D eigenvalue weighted by atomic mass is 32.2. The van der Waals surface area contributed by atoms with E-state index in [9.17, 15) is 4.39 Å². The minimum atomic E-state index is -0.206. The molecule has 0 radical (unpaired) electrons. The summed E-state index contributed by atoms with van der Waals surface area (Å²) in [5.41, 5.74) is 4.76. The van der Waals surface area contributed by atoms with Crippen molar-refractivity contribution in [2.75, 3.05) is 0 Å². The summed E-state index contributed by atoms with van der Waals surface area (Å²) in [4.78, 5) is 5.27. The Bertz CT molecular complexity index is 2080. The molecule has 39 heavy (non-hydrogen) atoms. The second-order valence-corrected chi connectivity index (χ2v) is 12.1. The van der Waals surface area contributed by atoms with Crippen LogP contribution >= 0.6 is 23.5 Å². The summed E-state index contributed by atoms with van der Waals surface area (Å²) >= 11 is 3.70. The molecular formula is C36H21FS2. The van der Waals surface area contributed by atoms with Crippen molar-refractivity contribution < 1.29 is 4.39 Å². The lowest BCUT2D eigenvalue weighted by atomic mass is 9.91. The average molecular weight is 537 g/mol. The molecule has 0 bridgehead atoms. The first-order valence-corrected chi connectivity index (χ1v) is 14.6. The first kappa shape index (κ1) is 22.9. The molecule has 0 fully saturated rings. The normalized spacial score (nSPS) is 12.5. The summed E-state index contributed by atoms with van der Waals surface area (Å²) in [6, 6.07) is 44.3. The highest BCUT2D eigenvalue weighted by Crippen LogP contribution is 2.49. The van der Waals surface area contributed by atoms with Crippen molar-refractivity contribution in [3.63, 3.8) is 0 Å². The second-order valence-electron chi connectivity index (χ2n) is 9.89. The average Bonchev–Trinajstić information content (AvgIpc) is 2.99. The Labute approximate surface area is 234 Å². The van der Waals surface area contributed by atoms with E-state index in [2.05, 4.69) is 109 Å². The first-order valence-electron chi connectivity index (χ1n) is 12.9. The van der Waals surface area contributed by atoms with Crippen molar-refractivity contribution in [1.29, 1.82) is 0 Å². The van der Waals surface area contributed by atoms with E-state index in [0.29, 0.717) is 0 Å². The van der Waals surface area contributed by atoms with Gasteiger partial charge in [0, 0.05) is 19.6 Å². The summed E-state index contributed by atoms with van der Waals surface area (Å²) in [6.45, 7) is 0. The third-order valence-electron chi connectivity index (χ3n) is 7.58. The number of hydrogen-bond acceptors (Lipinski definition) is 2. The number of hydrogen-bond donors (Lipinski definition) is 0. The highest BCUT2D eigenvalue weighted by molar-refractivity contribution is 8.05. The van der Waals surface area contributed by atoms with Gasteiger partial charge in [-0.15, -0.1) is 0 Å². The van der Waals surface area contributed by atoms with Crippen molar-refractivity contribution in [2.45, 2.75) is 19.6 Å². The number of rotatable bonds is 2. The van der Waals surface area contributed by atoms with E-state index in [1.165, 1.54) is 41.7 Å². The molecule has 8 rings (SSSR count). The molecule has 1 heterocycles. The standard InChI is InChI=1S/C36H21FS2/c37-26-15-17-29-27-5-1-2-6-28(27)31-19-24(13-16-30(31)32(29)21-26)22-9-11-23(12-10-22)25-14-18-35-36(20-25)39-34-8-4-3-7-33(34)38-35/h1-21H. The third-order valence-corrected chi connectivity index (χ3v) is 10.1. The van der Waals surface area contributed by atoms with Gasteiger partial charge in [-0.05, 0) is 97.0 Å². The van der Waals surface area contributed by atoms with Gasteiger partial charge in [0.25, 0.3) is 0 Å². The molecule has 0 amide bonds. The Hall–Kier alpha value is -4.05. The van der Waals surface area contributed by atoms with Crippen LogP contribution in [-0.4, -0.2) is 0 Å². The lowest BCUT2D eigenvalue weighted by molar-refractivity contribution is 0.630. The van der Waals surface area contributed by atoms with Crippen LogP contribution in [-0.2, 0) is 0 Å². The Morgan fingerprint density at radius 3 is 1.54 bits per heavy atom. The number of halogens is 1. The molecule has 0 atom stereocenters. The molecule has 0 N–H and O–H groups in total. The maximum atomic E-state index is 14.2. The van der Waals surface area contributed by atoms with Gasteiger partial charge in [-0.25, -0.2) is 4.39 Å². The maximum absolute atomic E-state index is 14.2. The van der Waals surface area contributed by atoms with Crippen molar-refractivity contribution in [3.8, 4) is 22.3 Å². The van der Waals surface area contributed by atoms with Gasteiger partial charge in [-0.3, -0.25) is 0 Å². The van der Waals surface area contributed by atoms with E-state index >= 15 is 0 Å². The van der Waals surface area contributed by atoms with E-state index in [4.69, 9.17) is 0 Å². The van der Waals surface area contributed by atoms with Crippen LogP contribution in [0, 0.1) is 5.82 Å². The van der Waals surface area contributed by atoms with E-state index in [1.54, 1.807) is 12.1 Å². The number of benzene rings is 7. The van der Waals surface area contributed by atoms with Crippen molar-refractivity contribution in [2.24, 2.45) is 0 Å². The Kier molecular flexibility index (Phi) is 5.29. The fourth-order valence-electron chi connectivity index (χ4n) is 5.67. The molecule has 0 aromatic heterocycles. The molecule has 0 aliphatic carbocycles. The van der Waals surface area contributed by atoms with E-state index < -0.39 is 0 Å². The molecule has 0 spiro atoms. The first-order chi connectivity index (χ1) is 19.2. The molecule has 1 aliphatic rings. The molecule has 0 saturated carbocycles. The molecule has 7 aromatic rings. The van der Waals surface area contributed by atoms with Crippen LogP contribution in [0.1, 0.15) is 0 Å². The zero-order valence-electron chi connectivity index (χ0n) is 20.8. The predicted molar refractivity (Wildman–Crippen MR) is 164 cm³/mol. The monoisotopic (exact) mass is 536 g/mol. The van der Waals surface area contributed by atoms with Crippen LogP contribution in [0.25, 0.3) is 54.6 Å². The van der Waals surface area contributed by atoms with Crippen molar-refractivity contribution in [3.05, 3.63) is 133 Å². The van der Waals surface area contributed by atoms with Crippen LogP contribution in [0.2, 0.25) is 0 Å². The predicted octanol–water partition coefficient (Wildman–Crippen LogP) is 11.2. The van der Waals surface area contributed by atoms with Crippen LogP contribution in [0.4, 0.5) is 4.39 Å². The van der Waals surface area contributed by atoms with Gasteiger partial charge in [0.1, 0.15) is 5.82 Å². The Morgan fingerprint density at radius 2 is 0.795 bits per heavy atom. The van der Waals surface area contributed by atoms with Gasteiger partial charge in [0.05, 0.1) is 0 Å². The van der Waals surface area contributed by atoms with Gasteiger partial charge >= 0.3 is 0 Å². The Balaban J connectivity index is 1.19. The number of fused-ring (bicyclic) bond motifs is 8. The van der Waals surface area contributed by atoms with Gasteiger partial charge < -0.3 is 0 Å². The molecular weight excluding hydrogens is 516 g/mol. The summed E-state index contributed by atoms with van der Waals surface area (Å²) in [5, 5.41) is 6.61. The summed E-state index contributed by atoms with van der Waals surface area (Å²) in [7, 11) is 0. The van der Waals surface area contributed by atoms with E-state index in [1.807, 2.05) is 29.6 Å². The fourth-order valence-corrected chi connectivity index (χ4v) is 7.93. The zero-order chi connectivity index (χ0) is 25.9. The molecule has 184 valence electrons. The van der Waals surface area contributed by atoms with Crippen molar-refractivity contribution in [1.82, 2.24) is 0 Å². The smallest absolute Gasteiger partial charge is 0.123 e. The largest absolute Gasteiger partial charge is 0.207 e. The molecule has 1 aliphatic heterocycles. The van der Waals surface area contributed by atoms with E-state index in [0.717, 1.165) is 32.5 Å². The lowest BCUT2D eigenvalue weighted by Crippen LogP contribution is -1.90. The van der Waals surface area contributed by atoms with E-state index in [-0.39, 0.29) is 5.82 Å². The van der Waals surface area contributed by atoms with Crippen LogP contribution < -0.4 is 0 Å². The summed E-state index contributed by atoms with van der Waals surface area (Å²) in [6.07, 6.45) is 0. The topological polar surface area (TPSA) is 0 Å². The Morgan fingerprint density at radius 1 is 0.333 bits per heavy atom. The minimum absolute atomic E-state index is 0.206. The van der Waals surface area contributed by atoms with Gasteiger partial charge in [-0.2, -0.15) is 0 Å².